The maximum atomic E-state index is 10.9. The molecule has 0 spiro atoms. The molecular weight excluding hydrogens is 256 g/mol. The molecule has 1 saturated heterocycles. The predicted octanol–water partition coefficient (Wildman–Crippen LogP) is 2.35. The summed E-state index contributed by atoms with van der Waals surface area (Å²) in [6.45, 7) is 2.34. The minimum absolute atomic E-state index is 0.272. The van der Waals surface area contributed by atoms with Crippen LogP contribution in [0, 0.1) is 0 Å². The van der Waals surface area contributed by atoms with E-state index in [0.717, 1.165) is 16.5 Å². The van der Waals surface area contributed by atoms with Crippen LogP contribution >= 0.6 is 0 Å². The SMILES string of the molecule is O=C(O)N1CCN(c2cccc3c(O)cccc23)CC1. The van der Waals surface area contributed by atoms with Crippen molar-refractivity contribution < 1.29 is 15.0 Å². The molecular formula is C15H16N2O3. The van der Waals surface area contributed by atoms with Gasteiger partial charge in [-0.05, 0) is 12.1 Å². The minimum Gasteiger partial charge on any atom is -0.507 e. The fourth-order valence-electron chi connectivity index (χ4n) is 2.69. The van der Waals surface area contributed by atoms with Gasteiger partial charge in [0.25, 0.3) is 0 Å². The van der Waals surface area contributed by atoms with E-state index in [-0.39, 0.29) is 5.75 Å². The summed E-state index contributed by atoms with van der Waals surface area (Å²) in [6, 6.07) is 11.3. The summed E-state index contributed by atoms with van der Waals surface area (Å²) in [7, 11) is 0. The Hall–Kier alpha value is -2.43. The Morgan fingerprint density at radius 1 is 0.950 bits per heavy atom. The van der Waals surface area contributed by atoms with Crippen molar-refractivity contribution in [3.63, 3.8) is 0 Å². The minimum atomic E-state index is -0.861. The van der Waals surface area contributed by atoms with Crippen molar-refractivity contribution in [3.05, 3.63) is 36.4 Å². The molecule has 0 unspecified atom stereocenters. The summed E-state index contributed by atoms with van der Waals surface area (Å²) in [5, 5.41) is 20.7. The van der Waals surface area contributed by atoms with E-state index in [2.05, 4.69) is 4.90 Å². The molecule has 0 aliphatic carbocycles. The molecule has 0 radical (unpaired) electrons. The molecule has 0 aromatic heterocycles. The highest BCUT2D eigenvalue weighted by Gasteiger charge is 2.21. The zero-order valence-electron chi connectivity index (χ0n) is 11.0. The van der Waals surface area contributed by atoms with E-state index in [4.69, 9.17) is 5.11 Å². The van der Waals surface area contributed by atoms with Gasteiger partial charge in [-0.3, -0.25) is 0 Å². The summed E-state index contributed by atoms with van der Waals surface area (Å²) in [5.41, 5.74) is 1.04. The van der Waals surface area contributed by atoms with E-state index >= 15 is 0 Å². The topological polar surface area (TPSA) is 64.0 Å². The normalized spacial score (nSPS) is 15.6. The molecule has 2 aromatic rings. The third-order valence-corrected chi connectivity index (χ3v) is 3.77. The number of amides is 1. The molecule has 5 nitrogen and oxygen atoms in total. The van der Waals surface area contributed by atoms with E-state index in [1.165, 1.54) is 4.90 Å². The van der Waals surface area contributed by atoms with Gasteiger partial charge in [-0.2, -0.15) is 0 Å². The quantitative estimate of drug-likeness (QED) is 0.836. The fraction of sp³-hybridized carbons (Fsp3) is 0.267. The van der Waals surface area contributed by atoms with E-state index in [0.29, 0.717) is 26.2 Å². The van der Waals surface area contributed by atoms with E-state index < -0.39 is 6.09 Å². The predicted molar refractivity (Wildman–Crippen MR) is 77.4 cm³/mol. The van der Waals surface area contributed by atoms with Crippen molar-refractivity contribution in [1.82, 2.24) is 4.90 Å². The van der Waals surface area contributed by atoms with Gasteiger partial charge in [0.1, 0.15) is 5.75 Å². The van der Waals surface area contributed by atoms with Crippen LogP contribution in [0.2, 0.25) is 0 Å². The molecule has 1 fully saturated rings. The summed E-state index contributed by atoms with van der Waals surface area (Å²) >= 11 is 0. The van der Waals surface area contributed by atoms with E-state index in [9.17, 15) is 9.90 Å². The summed E-state index contributed by atoms with van der Waals surface area (Å²) < 4.78 is 0. The molecule has 1 aliphatic heterocycles. The molecule has 20 heavy (non-hydrogen) atoms. The largest absolute Gasteiger partial charge is 0.507 e. The summed E-state index contributed by atoms with van der Waals surface area (Å²) in [5.74, 6) is 0.272. The van der Waals surface area contributed by atoms with Crippen LogP contribution in [0.3, 0.4) is 0 Å². The van der Waals surface area contributed by atoms with Crippen molar-refractivity contribution in [2.45, 2.75) is 0 Å². The number of aromatic hydroxyl groups is 1. The lowest BCUT2D eigenvalue weighted by atomic mass is 10.1. The van der Waals surface area contributed by atoms with Gasteiger partial charge in [0.15, 0.2) is 0 Å². The number of carboxylic acid groups (broad SMARTS) is 1. The Morgan fingerprint density at radius 3 is 2.30 bits per heavy atom. The van der Waals surface area contributed by atoms with Crippen molar-refractivity contribution in [3.8, 4) is 5.75 Å². The van der Waals surface area contributed by atoms with Crippen LogP contribution in [0.5, 0.6) is 5.75 Å². The van der Waals surface area contributed by atoms with Gasteiger partial charge in [0.2, 0.25) is 0 Å². The number of phenols is 1. The number of hydrogen-bond acceptors (Lipinski definition) is 3. The van der Waals surface area contributed by atoms with Crippen molar-refractivity contribution in [1.29, 1.82) is 0 Å². The van der Waals surface area contributed by atoms with Crippen molar-refractivity contribution in [2.75, 3.05) is 31.1 Å². The first-order valence-corrected chi connectivity index (χ1v) is 6.60. The van der Waals surface area contributed by atoms with Gasteiger partial charge >= 0.3 is 6.09 Å². The van der Waals surface area contributed by atoms with Gasteiger partial charge in [-0.25, -0.2) is 4.79 Å². The third-order valence-electron chi connectivity index (χ3n) is 3.77. The van der Waals surface area contributed by atoms with Crippen LogP contribution in [0.15, 0.2) is 36.4 Å². The maximum absolute atomic E-state index is 10.9. The van der Waals surface area contributed by atoms with Gasteiger partial charge in [-0.1, -0.05) is 24.3 Å². The molecule has 2 aromatic carbocycles. The lowest BCUT2D eigenvalue weighted by Crippen LogP contribution is -2.48. The maximum Gasteiger partial charge on any atom is 0.407 e. The number of rotatable bonds is 1. The number of piperazine rings is 1. The zero-order valence-corrected chi connectivity index (χ0v) is 11.0. The molecule has 1 aliphatic rings. The van der Waals surface area contributed by atoms with Crippen LogP contribution in [-0.4, -0.2) is 47.4 Å². The van der Waals surface area contributed by atoms with Gasteiger partial charge in [0.05, 0.1) is 0 Å². The van der Waals surface area contributed by atoms with E-state index in [1.54, 1.807) is 6.07 Å². The molecule has 0 bridgehead atoms. The van der Waals surface area contributed by atoms with Crippen molar-refractivity contribution in [2.24, 2.45) is 0 Å². The van der Waals surface area contributed by atoms with Crippen LogP contribution < -0.4 is 4.90 Å². The lowest BCUT2D eigenvalue weighted by molar-refractivity contribution is 0.142. The van der Waals surface area contributed by atoms with Crippen LogP contribution in [-0.2, 0) is 0 Å². The summed E-state index contributed by atoms with van der Waals surface area (Å²) in [6.07, 6.45) is -0.861. The van der Waals surface area contributed by atoms with Crippen LogP contribution in [0.4, 0.5) is 10.5 Å². The van der Waals surface area contributed by atoms with Crippen LogP contribution in [0.25, 0.3) is 10.8 Å². The Bertz CT molecular complexity index is 649. The second-order valence-electron chi connectivity index (χ2n) is 4.91. The average molecular weight is 272 g/mol. The molecule has 104 valence electrons. The number of anilines is 1. The number of phenolic OH excluding ortho intramolecular Hbond substituents is 1. The molecule has 0 atom stereocenters. The molecule has 0 saturated carbocycles. The van der Waals surface area contributed by atoms with Gasteiger partial charge < -0.3 is 20.0 Å². The summed E-state index contributed by atoms with van der Waals surface area (Å²) in [4.78, 5) is 14.5. The van der Waals surface area contributed by atoms with Gasteiger partial charge in [-0.15, -0.1) is 0 Å². The van der Waals surface area contributed by atoms with Gasteiger partial charge in [0, 0.05) is 42.6 Å². The lowest BCUT2D eigenvalue weighted by Gasteiger charge is -2.35. The average Bonchev–Trinajstić information content (AvgIpc) is 2.47. The smallest absolute Gasteiger partial charge is 0.407 e. The highest BCUT2D eigenvalue weighted by atomic mass is 16.4. The molecule has 1 heterocycles. The Balaban J connectivity index is 1.92. The Morgan fingerprint density at radius 2 is 1.60 bits per heavy atom. The highest BCUT2D eigenvalue weighted by Crippen LogP contribution is 2.32. The van der Waals surface area contributed by atoms with Crippen molar-refractivity contribution >= 4 is 22.6 Å². The fourth-order valence-corrected chi connectivity index (χ4v) is 2.69. The second kappa shape index (κ2) is 4.92. The third kappa shape index (κ3) is 2.11. The monoisotopic (exact) mass is 272 g/mol. The molecule has 5 heteroatoms. The Kier molecular flexibility index (Phi) is 3.10. The number of fused-ring (bicyclic) bond motifs is 1. The highest BCUT2D eigenvalue weighted by molar-refractivity contribution is 5.97. The number of carbonyl (C=O) groups is 1. The van der Waals surface area contributed by atoms with E-state index in [1.807, 2.05) is 30.3 Å². The first-order valence-electron chi connectivity index (χ1n) is 6.60. The second-order valence-corrected chi connectivity index (χ2v) is 4.91. The number of hydrogen-bond donors (Lipinski definition) is 2. The zero-order chi connectivity index (χ0) is 14.1. The molecule has 3 rings (SSSR count). The standard InChI is InChI=1S/C15H16N2O3/c18-14-6-2-3-11-12(14)4-1-5-13(11)16-7-9-17(10-8-16)15(19)20/h1-6,18H,7-10H2,(H,19,20). The Labute approximate surface area is 116 Å². The number of benzene rings is 2. The number of nitrogens with zero attached hydrogens (tertiary/aromatic N) is 2. The van der Waals surface area contributed by atoms with Crippen LogP contribution in [0.1, 0.15) is 0 Å². The molecule has 1 amide bonds. The molecule has 2 N–H and O–H groups in total. The first-order chi connectivity index (χ1) is 9.66. The first kappa shape index (κ1) is 12.6.